The molecule has 0 fully saturated rings. The first-order valence-corrected chi connectivity index (χ1v) is 6.26. The van der Waals surface area contributed by atoms with E-state index >= 15 is 0 Å². The Morgan fingerprint density at radius 1 is 1.33 bits per heavy atom. The molecule has 0 bridgehead atoms. The highest BCUT2D eigenvalue weighted by atomic mass is 16.2. The standard InChI is InChI=1S/C14H22N2O2/c1-10(2)8-11(3)16(5)14(18)12-6-7-13(17)15(4)9-12/h6-7,9-11H,8H2,1-5H3. The lowest BCUT2D eigenvalue weighted by Gasteiger charge is -2.26. The van der Waals surface area contributed by atoms with E-state index in [9.17, 15) is 9.59 Å². The topological polar surface area (TPSA) is 42.3 Å². The minimum atomic E-state index is -0.107. The molecule has 0 N–H and O–H groups in total. The monoisotopic (exact) mass is 250 g/mol. The van der Waals surface area contributed by atoms with Gasteiger partial charge in [0.25, 0.3) is 5.91 Å². The molecule has 0 aliphatic heterocycles. The van der Waals surface area contributed by atoms with Crippen LogP contribution in [0.4, 0.5) is 0 Å². The van der Waals surface area contributed by atoms with E-state index < -0.39 is 0 Å². The van der Waals surface area contributed by atoms with Crippen LogP contribution in [-0.2, 0) is 7.05 Å². The van der Waals surface area contributed by atoms with Crippen LogP contribution in [0.5, 0.6) is 0 Å². The first-order chi connectivity index (χ1) is 8.32. The number of carbonyl (C=O) groups is 1. The van der Waals surface area contributed by atoms with Crippen LogP contribution in [0.15, 0.2) is 23.1 Å². The Morgan fingerprint density at radius 2 is 1.94 bits per heavy atom. The second-order valence-electron chi connectivity index (χ2n) is 5.26. The summed E-state index contributed by atoms with van der Waals surface area (Å²) in [4.78, 5) is 25.3. The third-order valence-corrected chi connectivity index (χ3v) is 3.13. The lowest BCUT2D eigenvalue weighted by atomic mass is 10.0. The highest BCUT2D eigenvalue weighted by Gasteiger charge is 2.18. The van der Waals surface area contributed by atoms with Crippen LogP contribution in [0.3, 0.4) is 0 Å². The highest BCUT2D eigenvalue weighted by molar-refractivity contribution is 5.93. The quantitative estimate of drug-likeness (QED) is 0.819. The molecule has 0 radical (unpaired) electrons. The minimum Gasteiger partial charge on any atom is -0.339 e. The summed E-state index contributed by atoms with van der Waals surface area (Å²) in [6, 6.07) is 3.20. The minimum absolute atomic E-state index is 0.0428. The van der Waals surface area contributed by atoms with Gasteiger partial charge in [-0.3, -0.25) is 9.59 Å². The lowest BCUT2D eigenvalue weighted by Crippen LogP contribution is -2.36. The van der Waals surface area contributed by atoms with Crippen molar-refractivity contribution in [2.24, 2.45) is 13.0 Å². The number of rotatable bonds is 4. The second kappa shape index (κ2) is 5.85. The van der Waals surface area contributed by atoms with E-state index in [-0.39, 0.29) is 17.5 Å². The molecule has 0 saturated carbocycles. The summed E-state index contributed by atoms with van der Waals surface area (Å²) in [5, 5.41) is 0. The fraction of sp³-hybridized carbons (Fsp3) is 0.571. The Hall–Kier alpha value is -1.58. The largest absolute Gasteiger partial charge is 0.339 e. The number of carbonyl (C=O) groups excluding carboxylic acids is 1. The van der Waals surface area contributed by atoms with Crippen molar-refractivity contribution in [3.63, 3.8) is 0 Å². The number of hydrogen-bond donors (Lipinski definition) is 0. The van der Waals surface area contributed by atoms with Crippen molar-refractivity contribution < 1.29 is 4.79 Å². The van der Waals surface area contributed by atoms with Crippen molar-refractivity contribution >= 4 is 5.91 Å². The molecular weight excluding hydrogens is 228 g/mol. The van der Waals surface area contributed by atoms with Crippen molar-refractivity contribution in [2.45, 2.75) is 33.2 Å². The molecule has 1 atom stereocenters. The third-order valence-electron chi connectivity index (χ3n) is 3.13. The van der Waals surface area contributed by atoms with Crippen LogP contribution in [0.25, 0.3) is 0 Å². The van der Waals surface area contributed by atoms with Gasteiger partial charge in [0.05, 0.1) is 5.56 Å². The molecular formula is C14H22N2O2. The number of aromatic nitrogens is 1. The zero-order chi connectivity index (χ0) is 13.9. The first kappa shape index (κ1) is 14.5. The molecule has 0 aliphatic carbocycles. The molecule has 1 rings (SSSR count). The molecule has 100 valence electrons. The zero-order valence-corrected chi connectivity index (χ0v) is 11.8. The second-order valence-corrected chi connectivity index (χ2v) is 5.26. The third kappa shape index (κ3) is 3.45. The molecule has 18 heavy (non-hydrogen) atoms. The van der Waals surface area contributed by atoms with E-state index in [2.05, 4.69) is 13.8 Å². The molecule has 4 heteroatoms. The van der Waals surface area contributed by atoms with E-state index in [0.29, 0.717) is 11.5 Å². The first-order valence-electron chi connectivity index (χ1n) is 6.26. The predicted octanol–water partition coefficient (Wildman–Crippen LogP) is 1.89. The van der Waals surface area contributed by atoms with Crippen LogP contribution < -0.4 is 5.56 Å². The summed E-state index contributed by atoms with van der Waals surface area (Å²) >= 11 is 0. The molecule has 1 aromatic heterocycles. The number of aryl methyl sites for hydroxylation is 1. The maximum atomic E-state index is 12.2. The van der Waals surface area contributed by atoms with Gasteiger partial charge in [0.1, 0.15) is 0 Å². The number of nitrogens with zero attached hydrogens (tertiary/aromatic N) is 2. The molecule has 1 amide bonds. The summed E-state index contributed by atoms with van der Waals surface area (Å²) in [6.45, 7) is 6.32. The molecule has 1 unspecified atom stereocenters. The Kier molecular flexibility index (Phi) is 4.70. The van der Waals surface area contributed by atoms with Crippen LogP contribution in [0.2, 0.25) is 0 Å². The summed E-state index contributed by atoms with van der Waals surface area (Å²) < 4.78 is 1.42. The van der Waals surface area contributed by atoms with Crippen molar-refractivity contribution in [1.29, 1.82) is 0 Å². The van der Waals surface area contributed by atoms with Crippen molar-refractivity contribution in [3.8, 4) is 0 Å². The van der Waals surface area contributed by atoms with Crippen LogP contribution in [-0.4, -0.2) is 28.5 Å². The average molecular weight is 250 g/mol. The molecule has 1 aromatic rings. The SMILES string of the molecule is CC(C)CC(C)N(C)C(=O)c1ccc(=O)n(C)c1. The van der Waals surface area contributed by atoms with Crippen LogP contribution in [0, 0.1) is 5.92 Å². The van der Waals surface area contributed by atoms with Crippen molar-refractivity contribution in [3.05, 3.63) is 34.2 Å². The molecule has 1 heterocycles. The zero-order valence-electron chi connectivity index (χ0n) is 11.8. The highest BCUT2D eigenvalue weighted by Crippen LogP contribution is 2.12. The Balaban J connectivity index is 2.86. The number of pyridine rings is 1. The summed E-state index contributed by atoms with van der Waals surface area (Å²) in [5.74, 6) is 0.508. The number of amides is 1. The van der Waals surface area contributed by atoms with Gasteiger partial charge in [-0.2, -0.15) is 0 Å². The van der Waals surface area contributed by atoms with E-state index in [1.165, 1.54) is 10.6 Å². The maximum Gasteiger partial charge on any atom is 0.255 e. The van der Waals surface area contributed by atoms with Gasteiger partial charge in [-0.15, -0.1) is 0 Å². The summed E-state index contributed by atoms with van der Waals surface area (Å²) in [7, 11) is 3.46. The van der Waals surface area contributed by atoms with E-state index in [4.69, 9.17) is 0 Å². The van der Waals surface area contributed by atoms with Gasteiger partial charge in [-0.05, 0) is 25.3 Å². The van der Waals surface area contributed by atoms with Gasteiger partial charge in [0, 0.05) is 32.4 Å². The van der Waals surface area contributed by atoms with E-state index in [1.54, 1.807) is 31.3 Å². The Labute approximate surface area is 108 Å². The average Bonchev–Trinajstić information content (AvgIpc) is 2.30. The van der Waals surface area contributed by atoms with E-state index in [0.717, 1.165) is 6.42 Å². The molecule has 0 aliphatic rings. The summed E-state index contributed by atoms with van der Waals surface area (Å²) in [5.41, 5.74) is 0.444. The van der Waals surface area contributed by atoms with Gasteiger partial charge in [0.15, 0.2) is 0 Å². The van der Waals surface area contributed by atoms with E-state index in [1.807, 2.05) is 6.92 Å². The Morgan fingerprint density at radius 3 is 2.44 bits per heavy atom. The van der Waals surface area contributed by atoms with Crippen LogP contribution in [0.1, 0.15) is 37.6 Å². The predicted molar refractivity (Wildman–Crippen MR) is 72.7 cm³/mol. The fourth-order valence-corrected chi connectivity index (χ4v) is 1.96. The molecule has 4 nitrogen and oxygen atoms in total. The Bertz CT molecular complexity index is 477. The smallest absolute Gasteiger partial charge is 0.255 e. The van der Waals surface area contributed by atoms with Crippen molar-refractivity contribution in [1.82, 2.24) is 9.47 Å². The lowest BCUT2D eigenvalue weighted by molar-refractivity contribution is 0.0727. The molecule has 0 aromatic carbocycles. The maximum absolute atomic E-state index is 12.2. The van der Waals surface area contributed by atoms with Gasteiger partial charge in [-0.1, -0.05) is 13.8 Å². The summed E-state index contributed by atoms with van der Waals surface area (Å²) in [6.07, 6.45) is 2.55. The van der Waals surface area contributed by atoms with Gasteiger partial charge in [0.2, 0.25) is 5.56 Å². The van der Waals surface area contributed by atoms with Gasteiger partial charge >= 0.3 is 0 Å². The van der Waals surface area contributed by atoms with Gasteiger partial charge in [-0.25, -0.2) is 0 Å². The fourth-order valence-electron chi connectivity index (χ4n) is 1.96. The van der Waals surface area contributed by atoms with Gasteiger partial charge < -0.3 is 9.47 Å². The molecule has 0 spiro atoms. The normalized spacial score (nSPS) is 12.6. The van der Waals surface area contributed by atoms with Crippen LogP contribution >= 0.6 is 0 Å². The molecule has 0 saturated heterocycles. The number of hydrogen-bond acceptors (Lipinski definition) is 2. The van der Waals surface area contributed by atoms with Crippen molar-refractivity contribution in [2.75, 3.05) is 7.05 Å².